The van der Waals surface area contributed by atoms with E-state index >= 15 is 0 Å². The SMILES string of the molecule is Cc1ccc(SC2(C(=O)NC(CF)C(=O)O)CCCC2)cc1. The molecule has 2 rings (SSSR count). The zero-order valence-electron chi connectivity index (χ0n) is 12.5. The highest BCUT2D eigenvalue weighted by atomic mass is 32.2. The van der Waals surface area contributed by atoms with Crippen LogP contribution in [0, 0.1) is 6.92 Å². The summed E-state index contributed by atoms with van der Waals surface area (Å²) >= 11 is 1.45. The molecule has 0 heterocycles. The van der Waals surface area contributed by atoms with Crippen molar-refractivity contribution in [3.63, 3.8) is 0 Å². The summed E-state index contributed by atoms with van der Waals surface area (Å²) in [4.78, 5) is 24.4. The van der Waals surface area contributed by atoms with E-state index in [4.69, 9.17) is 5.11 Å². The zero-order chi connectivity index (χ0) is 16.2. The standard InChI is InChI=1S/C16H20FNO3S/c1-11-4-6-12(7-5-11)22-16(8-2-3-9-16)15(21)18-13(10-17)14(19)20/h4-7,13H,2-3,8-10H2,1H3,(H,18,21)(H,19,20). The van der Waals surface area contributed by atoms with Gasteiger partial charge in [0, 0.05) is 4.90 Å². The largest absolute Gasteiger partial charge is 0.480 e. The van der Waals surface area contributed by atoms with Crippen molar-refractivity contribution >= 4 is 23.6 Å². The number of aliphatic carboxylic acids is 1. The molecule has 1 aliphatic carbocycles. The van der Waals surface area contributed by atoms with Gasteiger partial charge in [-0.25, -0.2) is 9.18 Å². The molecular formula is C16H20FNO3S. The minimum absolute atomic E-state index is 0.374. The predicted octanol–water partition coefficient (Wildman–Crippen LogP) is 2.94. The second-order valence-electron chi connectivity index (χ2n) is 5.64. The number of carbonyl (C=O) groups excluding carboxylic acids is 1. The normalized spacial score (nSPS) is 17.9. The highest BCUT2D eigenvalue weighted by Crippen LogP contribution is 2.45. The van der Waals surface area contributed by atoms with Crippen LogP contribution in [0.5, 0.6) is 0 Å². The van der Waals surface area contributed by atoms with E-state index in [1.54, 1.807) is 0 Å². The van der Waals surface area contributed by atoms with Gasteiger partial charge in [0.05, 0.1) is 4.75 Å². The van der Waals surface area contributed by atoms with Crippen LogP contribution in [0.4, 0.5) is 4.39 Å². The zero-order valence-corrected chi connectivity index (χ0v) is 13.3. The van der Waals surface area contributed by atoms with Gasteiger partial charge in [-0.05, 0) is 31.9 Å². The summed E-state index contributed by atoms with van der Waals surface area (Å²) in [5.41, 5.74) is 1.14. The number of hydrogen-bond donors (Lipinski definition) is 2. The molecule has 0 radical (unpaired) electrons. The molecule has 0 aromatic heterocycles. The fourth-order valence-electron chi connectivity index (χ4n) is 2.61. The second kappa shape index (κ2) is 7.13. The van der Waals surface area contributed by atoms with Crippen LogP contribution in [-0.4, -0.2) is 34.4 Å². The average molecular weight is 325 g/mol. The highest BCUT2D eigenvalue weighted by molar-refractivity contribution is 8.01. The van der Waals surface area contributed by atoms with E-state index in [0.29, 0.717) is 12.8 Å². The summed E-state index contributed by atoms with van der Waals surface area (Å²) < 4.78 is 12.1. The topological polar surface area (TPSA) is 66.4 Å². The van der Waals surface area contributed by atoms with E-state index < -0.39 is 23.4 Å². The molecule has 1 aromatic carbocycles. The first kappa shape index (κ1) is 16.8. The van der Waals surface area contributed by atoms with Gasteiger partial charge < -0.3 is 10.4 Å². The fraction of sp³-hybridized carbons (Fsp3) is 0.500. The number of halogens is 1. The molecule has 0 bridgehead atoms. The number of nitrogens with one attached hydrogen (secondary N) is 1. The monoisotopic (exact) mass is 325 g/mol. The molecule has 120 valence electrons. The van der Waals surface area contributed by atoms with E-state index in [1.807, 2.05) is 31.2 Å². The van der Waals surface area contributed by atoms with Gasteiger partial charge in [-0.15, -0.1) is 11.8 Å². The molecule has 1 fully saturated rings. The summed E-state index contributed by atoms with van der Waals surface area (Å²) in [6.45, 7) is 0.886. The summed E-state index contributed by atoms with van der Waals surface area (Å²) in [5, 5.41) is 11.3. The van der Waals surface area contributed by atoms with Crippen LogP contribution in [0.25, 0.3) is 0 Å². The first-order valence-electron chi connectivity index (χ1n) is 7.32. The van der Waals surface area contributed by atoms with Crippen molar-refractivity contribution in [3.05, 3.63) is 29.8 Å². The number of thioether (sulfide) groups is 1. The van der Waals surface area contributed by atoms with E-state index in [2.05, 4.69) is 5.32 Å². The lowest BCUT2D eigenvalue weighted by Crippen LogP contribution is -2.50. The Bertz CT molecular complexity index is 541. The maximum atomic E-state index is 12.7. The van der Waals surface area contributed by atoms with Gasteiger partial charge in [0.1, 0.15) is 6.67 Å². The Labute approximate surface area is 133 Å². The van der Waals surface area contributed by atoms with Gasteiger partial charge in [-0.1, -0.05) is 30.5 Å². The lowest BCUT2D eigenvalue weighted by molar-refractivity contribution is -0.142. The van der Waals surface area contributed by atoms with E-state index in [1.165, 1.54) is 11.8 Å². The van der Waals surface area contributed by atoms with Gasteiger partial charge in [0.25, 0.3) is 0 Å². The molecule has 0 aliphatic heterocycles. The molecule has 2 N–H and O–H groups in total. The number of carbonyl (C=O) groups is 2. The molecule has 22 heavy (non-hydrogen) atoms. The Morgan fingerprint density at radius 2 is 1.91 bits per heavy atom. The number of carboxylic acid groups (broad SMARTS) is 1. The van der Waals surface area contributed by atoms with Crippen LogP contribution in [0.3, 0.4) is 0 Å². The van der Waals surface area contributed by atoms with Gasteiger partial charge in [0.15, 0.2) is 6.04 Å². The molecular weight excluding hydrogens is 305 g/mol. The van der Waals surface area contributed by atoms with Crippen LogP contribution in [0.1, 0.15) is 31.2 Å². The van der Waals surface area contributed by atoms with Crippen LogP contribution in [0.2, 0.25) is 0 Å². The Morgan fingerprint density at radius 3 is 2.41 bits per heavy atom. The lowest BCUT2D eigenvalue weighted by atomic mass is 10.1. The molecule has 0 spiro atoms. The molecule has 1 aliphatic rings. The van der Waals surface area contributed by atoms with Crippen molar-refractivity contribution < 1.29 is 19.1 Å². The molecule has 0 saturated heterocycles. The third-order valence-corrected chi connectivity index (χ3v) is 5.41. The quantitative estimate of drug-likeness (QED) is 0.844. The molecule has 1 saturated carbocycles. The number of benzene rings is 1. The van der Waals surface area contributed by atoms with Crippen molar-refractivity contribution in [2.45, 2.75) is 48.3 Å². The minimum atomic E-state index is -1.47. The van der Waals surface area contributed by atoms with Gasteiger partial charge >= 0.3 is 5.97 Å². The Balaban J connectivity index is 2.15. The maximum Gasteiger partial charge on any atom is 0.328 e. The average Bonchev–Trinajstić information content (AvgIpc) is 2.96. The van der Waals surface area contributed by atoms with Crippen LogP contribution >= 0.6 is 11.8 Å². The third kappa shape index (κ3) is 3.80. The van der Waals surface area contributed by atoms with Gasteiger partial charge in [-0.3, -0.25) is 4.79 Å². The smallest absolute Gasteiger partial charge is 0.328 e. The third-order valence-electron chi connectivity index (χ3n) is 3.92. The minimum Gasteiger partial charge on any atom is -0.480 e. The Kier molecular flexibility index (Phi) is 5.45. The number of aryl methyl sites for hydroxylation is 1. The van der Waals surface area contributed by atoms with Crippen LogP contribution < -0.4 is 5.32 Å². The Morgan fingerprint density at radius 1 is 1.32 bits per heavy atom. The number of rotatable bonds is 6. The van der Waals surface area contributed by atoms with Crippen molar-refractivity contribution in [3.8, 4) is 0 Å². The Hall–Kier alpha value is -1.56. The first-order chi connectivity index (χ1) is 10.5. The van der Waals surface area contributed by atoms with Crippen molar-refractivity contribution in [1.82, 2.24) is 5.32 Å². The fourth-order valence-corrected chi connectivity index (χ4v) is 3.98. The van der Waals surface area contributed by atoms with Gasteiger partial charge in [-0.2, -0.15) is 0 Å². The highest BCUT2D eigenvalue weighted by Gasteiger charge is 2.43. The van der Waals surface area contributed by atoms with E-state index in [9.17, 15) is 14.0 Å². The van der Waals surface area contributed by atoms with Crippen LogP contribution in [0.15, 0.2) is 29.2 Å². The van der Waals surface area contributed by atoms with Gasteiger partial charge in [0.2, 0.25) is 5.91 Å². The molecule has 1 aromatic rings. The van der Waals surface area contributed by atoms with Crippen molar-refractivity contribution in [2.75, 3.05) is 6.67 Å². The van der Waals surface area contributed by atoms with Crippen molar-refractivity contribution in [1.29, 1.82) is 0 Å². The summed E-state index contributed by atoms with van der Waals surface area (Å²) in [6, 6.07) is 6.40. The number of amides is 1. The number of hydrogen-bond acceptors (Lipinski definition) is 3. The number of carboxylic acids is 1. The van der Waals surface area contributed by atoms with Crippen molar-refractivity contribution in [2.24, 2.45) is 0 Å². The molecule has 1 unspecified atom stereocenters. The summed E-state index contributed by atoms with van der Waals surface area (Å²) in [6.07, 6.45) is 3.19. The first-order valence-corrected chi connectivity index (χ1v) is 8.14. The predicted molar refractivity (Wildman–Crippen MR) is 83.8 cm³/mol. The second-order valence-corrected chi connectivity index (χ2v) is 7.09. The van der Waals surface area contributed by atoms with Crippen LogP contribution in [-0.2, 0) is 9.59 Å². The molecule has 6 heteroatoms. The maximum absolute atomic E-state index is 12.7. The molecule has 4 nitrogen and oxygen atoms in total. The molecule has 1 amide bonds. The molecule has 1 atom stereocenters. The number of alkyl halides is 1. The van der Waals surface area contributed by atoms with E-state index in [0.717, 1.165) is 23.3 Å². The van der Waals surface area contributed by atoms with E-state index in [-0.39, 0.29) is 5.91 Å². The summed E-state index contributed by atoms with van der Waals surface area (Å²) in [5.74, 6) is -1.72. The lowest BCUT2D eigenvalue weighted by Gasteiger charge is -2.28. The summed E-state index contributed by atoms with van der Waals surface area (Å²) in [7, 11) is 0.